The van der Waals surface area contributed by atoms with Crippen LogP contribution in [0.25, 0.3) is 0 Å². The van der Waals surface area contributed by atoms with Crippen LogP contribution in [0.15, 0.2) is 182 Å². The highest BCUT2D eigenvalue weighted by Gasteiger charge is 2.25. The Kier molecular flexibility index (Phi) is 64.0. The normalized spacial score (nSPS) is 13.9. The number of esters is 2. The first-order valence-electron chi connectivity index (χ1n) is 34.9. The van der Waals surface area contributed by atoms with Crippen LogP contribution in [0.1, 0.15) is 245 Å². The van der Waals surface area contributed by atoms with Crippen LogP contribution in [0.3, 0.4) is 0 Å². The number of carbonyl (C=O) groups excluding carboxylic acids is 2. The summed E-state index contributed by atoms with van der Waals surface area (Å²) in [5.74, 6) is -2.04. The zero-order valence-corrected chi connectivity index (χ0v) is 57.0. The molecule has 0 amide bonds. The molecule has 500 valence electrons. The van der Waals surface area contributed by atoms with E-state index in [0.717, 1.165) is 154 Å². The molecule has 0 saturated carbocycles. The molecule has 0 radical (unpaired) electrons. The van der Waals surface area contributed by atoms with Crippen molar-refractivity contribution in [3.05, 3.63) is 182 Å². The lowest BCUT2D eigenvalue weighted by molar-refractivity contribution is -0.870. The van der Waals surface area contributed by atoms with Crippen LogP contribution in [0, 0.1) is 0 Å². The number of hydrogen-bond acceptors (Lipinski definition) is 7. The quantitative estimate of drug-likeness (QED) is 0.0211. The molecule has 0 aromatic rings. The van der Waals surface area contributed by atoms with Gasteiger partial charge in [0.15, 0.2) is 6.10 Å². The molecule has 0 aromatic heterocycles. The van der Waals surface area contributed by atoms with E-state index in [1.807, 2.05) is 21.1 Å². The molecule has 1 N–H and O–H groups in total. The Morgan fingerprint density at radius 3 is 0.899 bits per heavy atom. The number of quaternary nitrogens is 1. The van der Waals surface area contributed by atoms with Gasteiger partial charge in [-0.3, -0.25) is 9.59 Å². The number of carbonyl (C=O) groups is 3. The molecule has 0 saturated heterocycles. The third-order valence-electron chi connectivity index (χ3n) is 14.2. The molecule has 9 heteroatoms. The highest BCUT2D eigenvalue weighted by Crippen LogP contribution is 2.15. The van der Waals surface area contributed by atoms with Crippen molar-refractivity contribution in [3.63, 3.8) is 0 Å². The van der Waals surface area contributed by atoms with Crippen LogP contribution in [0.5, 0.6) is 0 Å². The molecular formula is C80H128NO8+. The van der Waals surface area contributed by atoms with E-state index in [4.69, 9.17) is 18.9 Å². The van der Waals surface area contributed by atoms with Crippen molar-refractivity contribution in [1.82, 2.24) is 0 Å². The summed E-state index contributed by atoms with van der Waals surface area (Å²) in [5.41, 5.74) is 0. The molecule has 0 fully saturated rings. The summed E-state index contributed by atoms with van der Waals surface area (Å²) in [6.45, 7) is 4.61. The summed E-state index contributed by atoms with van der Waals surface area (Å²) in [6, 6.07) is 0. The third-order valence-corrected chi connectivity index (χ3v) is 14.2. The second-order valence-electron chi connectivity index (χ2n) is 23.7. The molecule has 0 bridgehead atoms. The predicted molar refractivity (Wildman–Crippen MR) is 382 cm³/mol. The summed E-state index contributed by atoms with van der Waals surface area (Å²) in [6.07, 6.45) is 101. The summed E-state index contributed by atoms with van der Waals surface area (Å²) >= 11 is 0. The zero-order valence-electron chi connectivity index (χ0n) is 57.0. The number of nitrogens with zero attached hydrogens (tertiary/aromatic N) is 1. The maximum atomic E-state index is 13.0. The number of allylic oxidation sites excluding steroid dienone is 30. The molecule has 0 spiro atoms. The minimum atomic E-state index is -1.53. The van der Waals surface area contributed by atoms with Gasteiger partial charge in [0.05, 0.1) is 34.4 Å². The van der Waals surface area contributed by atoms with E-state index >= 15 is 0 Å². The predicted octanol–water partition coefficient (Wildman–Crippen LogP) is 22.0. The first kappa shape index (κ1) is 83.4. The minimum Gasteiger partial charge on any atom is -0.477 e. The van der Waals surface area contributed by atoms with Gasteiger partial charge in [0.2, 0.25) is 0 Å². The van der Waals surface area contributed by atoms with Gasteiger partial charge in [-0.1, -0.05) is 280 Å². The molecule has 0 rings (SSSR count). The zero-order chi connectivity index (χ0) is 64.7. The fourth-order valence-corrected chi connectivity index (χ4v) is 8.89. The molecule has 2 unspecified atom stereocenters. The molecule has 2 atom stereocenters. The van der Waals surface area contributed by atoms with Gasteiger partial charge >= 0.3 is 17.9 Å². The Balaban J connectivity index is 4.23. The smallest absolute Gasteiger partial charge is 0.361 e. The Labute approximate surface area is 545 Å². The van der Waals surface area contributed by atoms with Crippen LogP contribution < -0.4 is 0 Å². The summed E-state index contributed by atoms with van der Waals surface area (Å²) in [4.78, 5) is 37.6. The molecule has 9 nitrogen and oxygen atoms in total. The first-order chi connectivity index (χ1) is 43.6. The Morgan fingerprint density at radius 1 is 0.337 bits per heavy atom. The van der Waals surface area contributed by atoms with Crippen molar-refractivity contribution >= 4 is 17.9 Å². The molecule has 0 heterocycles. The monoisotopic (exact) mass is 1230 g/mol. The number of aliphatic carboxylic acids is 1. The van der Waals surface area contributed by atoms with Crippen LogP contribution in [0.4, 0.5) is 0 Å². The fourth-order valence-electron chi connectivity index (χ4n) is 8.89. The van der Waals surface area contributed by atoms with Crippen molar-refractivity contribution in [2.75, 3.05) is 47.5 Å². The number of likely N-dealkylation sites (N-methyl/N-ethyl adjacent to an activating group) is 1. The Hall–Kier alpha value is -5.61. The van der Waals surface area contributed by atoms with E-state index < -0.39 is 24.3 Å². The molecular weight excluding hydrogens is 1100 g/mol. The topological polar surface area (TPSA) is 108 Å². The number of carboxylic acids is 1. The van der Waals surface area contributed by atoms with Crippen LogP contribution in [0.2, 0.25) is 0 Å². The second-order valence-corrected chi connectivity index (χ2v) is 23.7. The van der Waals surface area contributed by atoms with Gasteiger partial charge in [-0.15, -0.1) is 0 Å². The van der Waals surface area contributed by atoms with Crippen LogP contribution >= 0.6 is 0 Å². The average Bonchev–Trinajstić information content (AvgIpc) is 3.64. The van der Waals surface area contributed by atoms with E-state index in [1.54, 1.807) is 0 Å². The van der Waals surface area contributed by atoms with E-state index in [-0.39, 0.29) is 38.6 Å². The fraction of sp³-hybridized carbons (Fsp3) is 0.588. The van der Waals surface area contributed by atoms with Gasteiger partial charge in [0.1, 0.15) is 13.2 Å². The van der Waals surface area contributed by atoms with Crippen molar-refractivity contribution in [3.8, 4) is 0 Å². The van der Waals surface area contributed by atoms with Crippen molar-refractivity contribution in [2.24, 2.45) is 0 Å². The first-order valence-corrected chi connectivity index (χ1v) is 34.9. The van der Waals surface area contributed by atoms with Gasteiger partial charge < -0.3 is 28.5 Å². The van der Waals surface area contributed by atoms with Gasteiger partial charge in [-0.25, -0.2) is 4.79 Å². The summed E-state index contributed by atoms with van der Waals surface area (Å²) in [7, 11) is 5.96. The van der Waals surface area contributed by atoms with E-state index in [9.17, 15) is 19.5 Å². The van der Waals surface area contributed by atoms with Crippen molar-refractivity contribution in [1.29, 1.82) is 0 Å². The van der Waals surface area contributed by atoms with Crippen LogP contribution in [-0.2, 0) is 33.3 Å². The maximum absolute atomic E-state index is 13.0. The van der Waals surface area contributed by atoms with Gasteiger partial charge in [-0.2, -0.15) is 0 Å². The highest BCUT2D eigenvalue weighted by atomic mass is 16.7. The standard InChI is InChI=1S/C80H127NO8/c1-6-8-10-12-14-16-18-20-22-24-26-28-30-32-34-36-37-38-39-40-41-43-45-47-49-51-53-55-57-59-61-63-65-67-69-71-78(83)89-76(75-88-80(79(84)85)86-73-72-81(3,4)5)74-87-77(82)70-68-66-64-62-60-58-56-54-52-50-48-46-44-42-35-33-31-29-27-25-23-21-19-17-15-13-11-9-7-2/h8-11,14-17,20-23,26-29,32-35,37-38,40-41,44-47,50,52,76,80H,6-7,12-13,18-19,24-25,30-31,36,39,42-43,48-49,51,53-75H2,1-5H3/p+1/b10-8-,11-9-,16-14-,17-15-,22-20-,23-21-,28-26-,29-27-,34-32-,35-33-,38-37-,41-40-,46-44-,47-45-,52-50-. The summed E-state index contributed by atoms with van der Waals surface area (Å²) in [5, 5.41) is 9.75. The number of carboxylic acid groups (broad SMARTS) is 1. The van der Waals surface area contributed by atoms with Gasteiger partial charge in [-0.05, 0) is 135 Å². The van der Waals surface area contributed by atoms with Gasteiger partial charge in [0.25, 0.3) is 6.29 Å². The SMILES string of the molecule is CC/C=C\C/C=C\C/C=C\C/C=C\C/C=C\C/C=C\C/C=C\C/C=C\CCCCCCCCCCCCC(=O)OC(COC(=O)CCCCCCCCC/C=C\C/C=C\C/C=C\C/C=C\C/C=C\C/C=C\C/C=C\CC)COC(OCC[N+](C)(C)C)C(=O)O. The molecule has 89 heavy (non-hydrogen) atoms. The number of rotatable bonds is 62. The maximum Gasteiger partial charge on any atom is 0.361 e. The molecule has 0 aliphatic carbocycles. The van der Waals surface area contributed by atoms with Crippen molar-refractivity contribution in [2.45, 2.75) is 257 Å². The van der Waals surface area contributed by atoms with Gasteiger partial charge in [0, 0.05) is 12.8 Å². The number of unbranched alkanes of at least 4 members (excludes halogenated alkanes) is 17. The lowest BCUT2D eigenvalue weighted by atomic mass is 10.0. The molecule has 0 aliphatic heterocycles. The third kappa shape index (κ3) is 69.7. The molecule has 0 aliphatic rings. The summed E-state index contributed by atoms with van der Waals surface area (Å²) < 4.78 is 23.0. The van der Waals surface area contributed by atoms with E-state index in [1.165, 1.54) is 57.8 Å². The number of ether oxygens (including phenoxy) is 4. The lowest BCUT2D eigenvalue weighted by Crippen LogP contribution is -2.40. The lowest BCUT2D eigenvalue weighted by Gasteiger charge is -2.25. The second kappa shape index (κ2) is 68.3. The largest absolute Gasteiger partial charge is 0.477 e. The average molecular weight is 1230 g/mol. The van der Waals surface area contributed by atoms with E-state index in [0.29, 0.717) is 17.4 Å². The Morgan fingerprint density at radius 2 is 0.607 bits per heavy atom. The highest BCUT2D eigenvalue weighted by molar-refractivity contribution is 5.71. The number of hydrogen-bond donors (Lipinski definition) is 1. The minimum absolute atomic E-state index is 0.175. The van der Waals surface area contributed by atoms with E-state index in [2.05, 4.69) is 196 Å². The Bertz CT molecular complexity index is 2120. The molecule has 0 aromatic carbocycles. The van der Waals surface area contributed by atoms with Crippen LogP contribution in [-0.4, -0.2) is 87.4 Å². The van der Waals surface area contributed by atoms with Crippen molar-refractivity contribution < 1.29 is 42.9 Å².